The Morgan fingerprint density at radius 3 is 2.87 bits per heavy atom. The normalized spacial score (nSPS) is 22.9. The summed E-state index contributed by atoms with van der Waals surface area (Å²) >= 11 is 11.6. The summed E-state index contributed by atoms with van der Waals surface area (Å²) in [5.74, 6) is -0.256. The van der Waals surface area contributed by atoms with Gasteiger partial charge in [-0.25, -0.2) is 14.2 Å². The molecule has 1 aromatic heterocycles. The minimum atomic E-state index is -0.562. The predicted octanol–water partition coefficient (Wildman–Crippen LogP) is 5.31. The molecular formula is C20H21BrClFIN3O3. The second kappa shape index (κ2) is 7.90. The number of halogens is 4. The number of rotatable bonds is 3. The summed E-state index contributed by atoms with van der Waals surface area (Å²) in [4.78, 5) is 18.5. The van der Waals surface area contributed by atoms with Crippen molar-refractivity contribution >= 4 is 72.8 Å². The van der Waals surface area contributed by atoms with E-state index in [1.807, 2.05) is 43.4 Å². The van der Waals surface area contributed by atoms with Gasteiger partial charge >= 0.3 is 6.09 Å². The molecule has 162 valence electrons. The highest BCUT2D eigenvalue weighted by molar-refractivity contribution is 14.1. The van der Waals surface area contributed by atoms with Crippen LogP contribution >= 0.6 is 50.1 Å². The molecule has 3 heterocycles. The van der Waals surface area contributed by atoms with E-state index in [-0.39, 0.29) is 41.4 Å². The van der Waals surface area contributed by atoms with Gasteiger partial charge in [-0.05, 0) is 71.8 Å². The van der Waals surface area contributed by atoms with E-state index >= 15 is 0 Å². The summed E-state index contributed by atoms with van der Waals surface area (Å²) in [6, 6.07) is 1.74. The van der Waals surface area contributed by atoms with Gasteiger partial charge in [-0.2, -0.15) is 0 Å². The Morgan fingerprint density at radius 1 is 1.53 bits per heavy atom. The van der Waals surface area contributed by atoms with Crippen LogP contribution in [0.3, 0.4) is 0 Å². The fourth-order valence-corrected chi connectivity index (χ4v) is 5.25. The quantitative estimate of drug-likeness (QED) is 0.280. The molecule has 3 atom stereocenters. The van der Waals surface area contributed by atoms with Crippen LogP contribution < -0.4 is 5.32 Å². The maximum Gasteiger partial charge on any atom is 0.410 e. The van der Waals surface area contributed by atoms with Crippen LogP contribution in [-0.4, -0.2) is 45.3 Å². The lowest BCUT2D eigenvalue weighted by molar-refractivity contribution is 0.0239. The van der Waals surface area contributed by atoms with Crippen molar-refractivity contribution in [2.45, 2.75) is 51.5 Å². The number of anilines is 1. The van der Waals surface area contributed by atoms with E-state index < -0.39 is 11.4 Å². The maximum atomic E-state index is 14.8. The Balaban J connectivity index is 1.69. The third-order valence-electron chi connectivity index (χ3n) is 5.56. The van der Waals surface area contributed by atoms with Gasteiger partial charge in [0.1, 0.15) is 16.3 Å². The topological polar surface area (TPSA) is 74.7 Å². The van der Waals surface area contributed by atoms with Crippen molar-refractivity contribution in [1.29, 1.82) is 0 Å². The van der Waals surface area contributed by atoms with Crippen LogP contribution in [-0.2, 0) is 11.3 Å². The number of hydrogen-bond donors (Lipinski definition) is 2. The number of fused-ring (bicyclic) bond motifs is 2. The van der Waals surface area contributed by atoms with Crippen molar-refractivity contribution < 1.29 is 19.0 Å². The predicted molar refractivity (Wildman–Crippen MR) is 125 cm³/mol. The molecule has 2 aromatic rings. The number of aliphatic hydroxyl groups excluding tert-OH is 1. The number of amides is 1. The molecule has 1 amide bonds. The second-order valence-electron chi connectivity index (χ2n) is 8.66. The first-order valence-corrected chi connectivity index (χ1v) is 11.8. The molecule has 3 aliphatic rings. The first-order chi connectivity index (χ1) is 14.0. The molecule has 2 N–H and O–H groups in total. The fraction of sp³-hybridized carbons (Fsp3) is 0.500. The molecule has 10 heteroatoms. The van der Waals surface area contributed by atoms with E-state index in [1.165, 1.54) is 0 Å². The average molecular weight is 613 g/mol. The number of aliphatic hydroxyl groups is 1. The van der Waals surface area contributed by atoms with Crippen LogP contribution in [0.1, 0.15) is 32.8 Å². The molecule has 2 saturated heterocycles. The van der Waals surface area contributed by atoms with Crippen molar-refractivity contribution in [2.75, 3.05) is 11.9 Å². The minimum absolute atomic E-state index is 0.0299. The molecule has 5 rings (SSSR count). The summed E-state index contributed by atoms with van der Waals surface area (Å²) in [6.45, 7) is 5.78. The monoisotopic (exact) mass is 611 g/mol. The molecular weight excluding hydrogens is 591 g/mol. The lowest BCUT2D eigenvalue weighted by Gasteiger charge is -2.38. The van der Waals surface area contributed by atoms with Crippen molar-refractivity contribution in [3.8, 4) is 0 Å². The lowest BCUT2D eigenvalue weighted by atomic mass is 9.79. The number of ether oxygens (including phenoxy) is 1. The third-order valence-corrected chi connectivity index (χ3v) is 8.24. The van der Waals surface area contributed by atoms with E-state index in [2.05, 4.69) is 26.2 Å². The van der Waals surface area contributed by atoms with Gasteiger partial charge in [0.05, 0.1) is 28.9 Å². The number of carbonyl (C=O) groups excluding carboxylic acids is 1. The van der Waals surface area contributed by atoms with Gasteiger partial charge in [0.25, 0.3) is 0 Å². The summed E-state index contributed by atoms with van der Waals surface area (Å²) in [7, 11) is 0. The molecule has 0 spiro atoms. The number of aromatic nitrogens is 1. The number of hydrogen-bond acceptors (Lipinski definition) is 5. The summed E-state index contributed by atoms with van der Waals surface area (Å²) in [5, 5.41) is 14.0. The number of benzene rings is 1. The third kappa shape index (κ3) is 3.75. The largest absolute Gasteiger partial charge is 0.444 e. The fourth-order valence-electron chi connectivity index (χ4n) is 4.16. The average Bonchev–Trinajstić information content (AvgIpc) is 3.23. The highest BCUT2D eigenvalue weighted by Crippen LogP contribution is 2.45. The molecule has 6 nitrogen and oxygen atoms in total. The lowest BCUT2D eigenvalue weighted by Crippen LogP contribution is -2.50. The zero-order chi connectivity index (χ0) is 22.0. The Morgan fingerprint density at radius 2 is 2.23 bits per heavy atom. The number of pyridine rings is 1. The van der Waals surface area contributed by atoms with E-state index in [1.54, 1.807) is 11.0 Å². The number of nitrogens with one attached hydrogen (secondary N) is 1. The van der Waals surface area contributed by atoms with Gasteiger partial charge in [-0.15, -0.1) is 0 Å². The molecule has 30 heavy (non-hydrogen) atoms. The van der Waals surface area contributed by atoms with E-state index in [4.69, 9.17) is 16.3 Å². The van der Waals surface area contributed by atoms with Crippen LogP contribution in [0.2, 0.25) is 5.15 Å². The highest BCUT2D eigenvalue weighted by Gasteiger charge is 2.55. The molecule has 2 aliphatic heterocycles. The maximum absolute atomic E-state index is 14.8. The van der Waals surface area contributed by atoms with Crippen LogP contribution in [0.15, 0.2) is 10.5 Å². The molecule has 0 radical (unpaired) electrons. The Bertz CT molecular complexity index is 1050. The van der Waals surface area contributed by atoms with Gasteiger partial charge in [0.2, 0.25) is 0 Å². The minimum Gasteiger partial charge on any atom is -0.444 e. The van der Waals surface area contributed by atoms with Crippen molar-refractivity contribution in [2.24, 2.45) is 5.92 Å². The smallest absolute Gasteiger partial charge is 0.410 e. The van der Waals surface area contributed by atoms with E-state index in [0.717, 1.165) is 6.42 Å². The summed E-state index contributed by atoms with van der Waals surface area (Å²) in [5.41, 5.74) is 0.537. The van der Waals surface area contributed by atoms with Crippen LogP contribution in [0.4, 0.5) is 14.9 Å². The van der Waals surface area contributed by atoms with Crippen LogP contribution in [0, 0.1) is 15.3 Å². The van der Waals surface area contributed by atoms with Gasteiger partial charge in [-0.1, -0.05) is 11.6 Å². The zero-order valence-corrected chi connectivity index (χ0v) is 21.1. The first-order valence-electron chi connectivity index (χ1n) is 9.54. The molecule has 1 saturated carbocycles. The molecule has 1 aromatic carbocycles. The Hall–Kier alpha value is -0.910. The SMILES string of the molecule is CC(C)(C)OC(=O)N1C[C@H]2C[C@@H]1[C@H]2Nc1c(CO)c(Cl)nc2c(F)c(Br)c(I)cc12. The zero-order valence-electron chi connectivity index (χ0n) is 16.6. The van der Waals surface area contributed by atoms with Gasteiger partial charge in [0, 0.05) is 27.0 Å². The van der Waals surface area contributed by atoms with Gasteiger partial charge < -0.3 is 20.1 Å². The molecule has 3 fully saturated rings. The summed E-state index contributed by atoms with van der Waals surface area (Å²) < 4.78 is 21.4. The van der Waals surface area contributed by atoms with E-state index in [0.29, 0.717) is 31.2 Å². The molecule has 0 unspecified atom stereocenters. The van der Waals surface area contributed by atoms with Gasteiger partial charge in [-0.3, -0.25) is 0 Å². The second-order valence-corrected chi connectivity index (χ2v) is 11.0. The van der Waals surface area contributed by atoms with Gasteiger partial charge in [0.15, 0.2) is 5.82 Å². The first kappa shape index (κ1) is 22.3. The van der Waals surface area contributed by atoms with Crippen molar-refractivity contribution in [1.82, 2.24) is 9.88 Å². The summed E-state index contributed by atoms with van der Waals surface area (Å²) in [6.07, 6.45) is 0.545. The van der Waals surface area contributed by atoms with Crippen molar-refractivity contribution in [3.05, 3.63) is 30.6 Å². The van der Waals surface area contributed by atoms with Crippen LogP contribution in [0.25, 0.3) is 10.9 Å². The standard InChI is InChI=1S/C20H21BrClFIN3O3/c1-20(2,3)30-19(29)27-6-8-4-12(27)15(8)25-16-9-5-11(24)13(21)14(23)17(9)26-18(22)10(16)7-28/h5,8,12,15,28H,4,6-7H2,1-3H3,(H,25,26)/t8-,12-,15+/m1/s1. The Labute approximate surface area is 200 Å². The van der Waals surface area contributed by atoms with Crippen LogP contribution in [0.5, 0.6) is 0 Å². The Kier molecular flexibility index (Phi) is 5.87. The molecule has 2 bridgehead atoms. The van der Waals surface area contributed by atoms with Crippen molar-refractivity contribution in [3.63, 3.8) is 0 Å². The highest BCUT2D eigenvalue weighted by atomic mass is 127. The number of nitrogens with zero attached hydrogens (tertiary/aromatic N) is 2. The van der Waals surface area contributed by atoms with E-state index in [9.17, 15) is 14.3 Å². The number of carbonyl (C=O) groups is 1. The molecule has 1 aliphatic carbocycles.